The number of nitro benzene ring substituents is 1. The molecule has 0 aliphatic heterocycles. The molecule has 7 nitrogen and oxygen atoms in total. The first-order valence-electron chi connectivity index (χ1n) is 8.46. The van der Waals surface area contributed by atoms with Gasteiger partial charge in [-0.1, -0.05) is 18.2 Å². The van der Waals surface area contributed by atoms with Crippen LogP contribution in [0.5, 0.6) is 0 Å². The quantitative estimate of drug-likeness (QED) is 0.339. The number of rotatable bonds is 7. The molecule has 0 heterocycles. The third-order valence-electron chi connectivity index (χ3n) is 4.17. The van der Waals surface area contributed by atoms with Gasteiger partial charge in [0, 0.05) is 11.0 Å². The average Bonchev–Trinajstić information content (AvgIpc) is 3.12. The number of benzene rings is 2. The maximum Gasteiger partial charge on any atom is 0.316 e. The van der Waals surface area contributed by atoms with Gasteiger partial charge in [0.1, 0.15) is 5.69 Å². The van der Waals surface area contributed by atoms with Crippen LogP contribution in [0.4, 0.5) is 11.4 Å². The topological polar surface area (TPSA) is 98.5 Å². The number of nitrogens with zero attached hydrogens (tertiary/aromatic N) is 1. The van der Waals surface area contributed by atoms with E-state index >= 15 is 0 Å². The molecule has 0 bridgehead atoms. The first-order chi connectivity index (χ1) is 13.0. The number of nitro groups is 1. The summed E-state index contributed by atoms with van der Waals surface area (Å²) in [6, 6.07) is 12.0. The number of carbonyl (C=O) groups excluding carboxylic acids is 2. The van der Waals surface area contributed by atoms with Gasteiger partial charge in [-0.15, -0.1) is 11.8 Å². The summed E-state index contributed by atoms with van der Waals surface area (Å²) >= 11 is 1.36. The fourth-order valence-electron chi connectivity index (χ4n) is 2.89. The summed E-state index contributed by atoms with van der Waals surface area (Å²) in [6.07, 6.45) is 3.34. The molecule has 0 saturated carbocycles. The maximum atomic E-state index is 11.9. The Balaban J connectivity index is 1.45. The SMILES string of the molecule is O=C(COC(=O)CSc1ccc2c(c1)CCC2)Nc1ccccc1[N+](=O)[O-]. The Kier molecular flexibility index (Phi) is 6.08. The van der Waals surface area contributed by atoms with Crippen LogP contribution in [0.25, 0.3) is 0 Å². The second kappa shape index (κ2) is 8.68. The molecular formula is C19H18N2O5S. The number of anilines is 1. The third-order valence-corrected chi connectivity index (χ3v) is 5.13. The number of hydrogen-bond acceptors (Lipinski definition) is 6. The Hall–Kier alpha value is -2.87. The fraction of sp³-hybridized carbons (Fsp3) is 0.263. The number of amides is 1. The Labute approximate surface area is 160 Å². The lowest BCUT2D eigenvalue weighted by Crippen LogP contribution is -2.22. The van der Waals surface area contributed by atoms with Crippen LogP contribution < -0.4 is 5.32 Å². The highest BCUT2D eigenvalue weighted by Crippen LogP contribution is 2.27. The molecule has 2 aromatic carbocycles. The van der Waals surface area contributed by atoms with Gasteiger partial charge < -0.3 is 10.1 Å². The summed E-state index contributed by atoms with van der Waals surface area (Å²) in [6.45, 7) is -0.490. The number of para-hydroxylation sites is 2. The third kappa shape index (κ3) is 5.07. The zero-order chi connectivity index (χ0) is 19.2. The van der Waals surface area contributed by atoms with Crippen LogP contribution in [0, 0.1) is 10.1 Å². The lowest BCUT2D eigenvalue weighted by atomic mass is 10.1. The zero-order valence-corrected chi connectivity index (χ0v) is 15.3. The van der Waals surface area contributed by atoms with Gasteiger partial charge in [0.2, 0.25) is 0 Å². The van der Waals surface area contributed by atoms with Gasteiger partial charge in [0.15, 0.2) is 6.61 Å². The lowest BCUT2D eigenvalue weighted by molar-refractivity contribution is -0.383. The minimum absolute atomic E-state index is 0.0658. The van der Waals surface area contributed by atoms with Crippen molar-refractivity contribution in [2.24, 2.45) is 0 Å². The van der Waals surface area contributed by atoms with Gasteiger partial charge in [-0.25, -0.2) is 0 Å². The molecule has 3 rings (SSSR count). The van der Waals surface area contributed by atoms with Gasteiger partial charge in [0.05, 0.1) is 10.7 Å². The van der Waals surface area contributed by atoms with Crippen molar-refractivity contribution in [1.29, 1.82) is 0 Å². The van der Waals surface area contributed by atoms with E-state index in [1.54, 1.807) is 6.07 Å². The van der Waals surface area contributed by atoms with Crippen LogP contribution in [0.1, 0.15) is 17.5 Å². The maximum absolute atomic E-state index is 11.9. The fourth-order valence-corrected chi connectivity index (χ4v) is 3.65. The zero-order valence-electron chi connectivity index (χ0n) is 14.5. The summed E-state index contributed by atoms with van der Waals surface area (Å²) in [5.41, 5.74) is 2.55. The smallest absolute Gasteiger partial charge is 0.316 e. The number of carbonyl (C=O) groups is 2. The highest BCUT2D eigenvalue weighted by molar-refractivity contribution is 8.00. The van der Waals surface area contributed by atoms with Crippen LogP contribution >= 0.6 is 11.8 Å². The predicted octanol–water partition coefficient (Wildman–Crippen LogP) is 3.36. The van der Waals surface area contributed by atoms with Crippen LogP contribution in [0.15, 0.2) is 47.4 Å². The number of ether oxygens (including phenoxy) is 1. The monoisotopic (exact) mass is 386 g/mol. The molecule has 0 saturated heterocycles. The Morgan fingerprint density at radius 1 is 1.15 bits per heavy atom. The van der Waals surface area contributed by atoms with E-state index in [-0.39, 0.29) is 17.1 Å². The summed E-state index contributed by atoms with van der Waals surface area (Å²) in [5, 5.41) is 13.3. The molecule has 140 valence electrons. The summed E-state index contributed by atoms with van der Waals surface area (Å²) in [7, 11) is 0. The van der Waals surface area contributed by atoms with E-state index in [4.69, 9.17) is 4.74 Å². The molecule has 1 N–H and O–H groups in total. The van der Waals surface area contributed by atoms with Gasteiger partial charge >= 0.3 is 5.97 Å². The van der Waals surface area contributed by atoms with Crippen molar-refractivity contribution in [2.45, 2.75) is 24.2 Å². The molecule has 0 aromatic heterocycles. The Bertz CT molecular complexity index is 884. The van der Waals surface area contributed by atoms with Crippen LogP contribution in [0.2, 0.25) is 0 Å². The second-order valence-electron chi connectivity index (χ2n) is 6.06. The van der Waals surface area contributed by atoms with E-state index in [0.717, 1.165) is 17.7 Å². The molecule has 1 aliphatic rings. The van der Waals surface area contributed by atoms with Crippen molar-refractivity contribution in [2.75, 3.05) is 17.7 Å². The largest absolute Gasteiger partial charge is 0.455 e. The van der Waals surface area contributed by atoms with Crippen molar-refractivity contribution < 1.29 is 19.2 Å². The van der Waals surface area contributed by atoms with Gasteiger partial charge in [-0.3, -0.25) is 19.7 Å². The highest BCUT2D eigenvalue weighted by atomic mass is 32.2. The first-order valence-corrected chi connectivity index (χ1v) is 9.45. The molecule has 1 amide bonds. The molecule has 27 heavy (non-hydrogen) atoms. The normalized spacial score (nSPS) is 12.3. The number of nitrogens with one attached hydrogen (secondary N) is 1. The number of thioether (sulfide) groups is 1. The highest BCUT2D eigenvalue weighted by Gasteiger charge is 2.16. The molecule has 0 unspecified atom stereocenters. The van der Waals surface area contributed by atoms with Gasteiger partial charge in [-0.2, -0.15) is 0 Å². The van der Waals surface area contributed by atoms with Crippen LogP contribution in [-0.2, 0) is 27.2 Å². The van der Waals surface area contributed by atoms with E-state index in [1.165, 1.54) is 47.5 Å². The van der Waals surface area contributed by atoms with E-state index in [9.17, 15) is 19.7 Å². The van der Waals surface area contributed by atoms with Gasteiger partial charge in [0.25, 0.3) is 11.6 Å². The standard InChI is InChI=1S/C19H18N2O5S/c22-18(20-16-6-1-2-7-17(16)21(24)25)11-26-19(23)12-27-15-9-8-13-4-3-5-14(13)10-15/h1-2,6-10H,3-5,11-12H2,(H,20,22). The minimum atomic E-state index is -0.625. The number of aryl methyl sites for hydroxylation is 2. The van der Waals surface area contributed by atoms with E-state index < -0.39 is 23.4 Å². The van der Waals surface area contributed by atoms with Crippen molar-refractivity contribution >= 4 is 35.0 Å². The van der Waals surface area contributed by atoms with Crippen molar-refractivity contribution in [3.63, 3.8) is 0 Å². The molecule has 2 aromatic rings. The molecule has 1 aliphatic carbocycles. The molecule has 0 fully saturated rings. The first kappa shape index (κ1) is 18.9. The van der Waals surface area contributed by atoms with E-state index in [1.807, 2.05) is 6.07 Å². The van der Waals surface area contributed by atoms with Crippen molar-refractivity contribution in [3.8, 4) is 0 Å². The second-order valence-corrected chi connectivity index (χ2v) is 7.10. The lowest BCUT2D eigenvalue weighted by Gasteiger charge is -2.07. The minimum Gasteiger partial charge on any atom is -0.455 e. The molecule has 0 spiro atoms. The van der Waals surface area contributed by atoms with Crippen molar-refractivity contribution in [1.82, 2.24) is 0 Å². The number of hydrogen-bond donors (Lipinski definition) is 1. The average molecular weight is 386 g/mol. The Morgan fingerprint density at radius 3 is 2.74 bits per heavy atom. The summed E-state index contributed by atoms with van der Waals surface area (Å²) in [5.74, 6) is -1.05. The Morgan fingerprint density at radius 2 is 1.93 bits per heavy atom. The predicted molar refractivity (Wildman–Crippen MR) is 102 cm³/mol. The molecule has 0 radical (unpaired) electrons. The summed E-state index contributed by atoms with van der Waals surface area (Å²) < 4.78 is 4.95. The van der Waals surface area contributed by atoms with Gasteiger partial charge in [-0.05, 0) is 48.6 Å². The van der Waals surface area contributed by atoms with Crippen molar-refractivity contribution in [3.05, 3.63) is 63.7 Å². The van der Waals surface area contributed by atoms with E-state index in [2.05, 4.69) is 17.4 Å². The number of fused-ring (bicyclic) bond motifs is 1. The van der Waals surface area contributed by atoms with Crippen LogP contribution in [-0.4, -0.2) is 29.2 Å². The number of esters is 1. The van der Waals surface area contributed by atoms with Crippen LogP contribution in [0.3, 0.4) is 0 Å². The molecule has 0 atom stereocenters. The summed E-state index contributed by atoms with van der Waals surface area (Å²) in [4.78, 5) is 35.1. The molecular weight excluding hydrogens is 368 g/mol. The molecule has 8 heteroatoms. The van der Waals surface area contributed by atoms with E-state index in [0.29, 0.717) is 0 Å².